The Morgan fingerprint density at radius 1 is 1.27 bits per heavy atom. The van der Waals surface area contributed by atoms with E-state index in [4.69, 9.17) is 5.11 Å². The first kappa shape index (κ1) is 11.4. The van der Waals surface area contributed by atoms with Crippen LogP contribution in [0.15, 0.2) is 0 Å². The number of hydrogen-bond donors (Lipinski definition) is 1. The standard InChI is InChI=1S/C7H12O3.Na/c8-6-3-1-5(2-4-6)7(9)10;/h5-6,8H,1-4H2,(H,9,10);/q;+1/p-1. The summed E-state index contributed by atoms with van der Waals surface area (Å²) in [4.78, 5) is 10.3. The van der Waals surface area contributed by atoms with Crippen molar-refractivity contribution in [3.63, 3.8) is 0 Å². The average Bonchev–Trinajstić information content (AvgIpc) is 1.88. The molecule has 0 radical (unpaired) electrons. The molecule has 58 valence electrons. The number of hydrogen-bond acceptors (Lipinski definition) is 3. The fraction of sp³-hybridized carbons (Fsp3) is 0.857. The van der Waals surface area contributed by atoms with Crippen molar-refractivity contribution in [2.45, 2.75) is 31.8 Å². The van der Waals surface area contributed by atoms with Gasteiger partial charge in [-0.25, -0.2) is 0 Å². The summed E-state index contributed by atoms with van der Waals surface area (Å²) in [5.41, 5.74) is 0. The summed E-state index contributed by atoms with van der Waals surface area (Å²) in [5.74, 6) is -1.28. The summed E-state index contributed by atoms with van der Waals surface area (Å²) in [6.45, 7) is 0. The Bertz CT molecular complexity index is 130. The molecule has 0 aromatic carbocycles. The normalized spacial score (nSPS) is 30.6. The number of carbonyl (C=O) groups is 1. The minimum absolute atomic E-state index is 0. The summed E-state index contributed by atoms with van der Waals surface area (Å²) in [6, 6.07) is 0. The Hall–Kier alpha value is 0.430. The van der Waals surface area contributed by atoms with Gasteiger partial charge < -0.3 is 15.0 Å². The number of carboxylic acid groups (broad SMARTS) is 1. The molecule has 0 spiro atoms. The predicted octanol–water partition coefficient (Wildman–Crippen LogP) is -3.71. The Morgan fingerprint density at radius 2 is 1.73 bits per heavy atom. The van der Waals surface area contributed by atoms with Crippen molar-refractivity contribution in [2.24, 2.45) is 5.92 Å². The van der Waals surface area contributed by atoms with Gasteiger partial charge in [-0.3, -0.25) is 0 Å². The second-order valence-corrected chi connectivity index (χ2v) is 2.82. The van der Waals surface area contributed by atoms with Crippen molar-refractivity contribution in [3.8, 4) is 0 Å². The Morgan fingerprint density at radius 3 is 2.09 bits per heavy atom. The van der Waals surface area contributed by atoms with Gasteiger partial charge in [0.2, 0.25) is 0 Å². The van der Waals surface area contributed by atoms with Crippen LogP contribution >= 0.6 is 0 Å². The van der Waals surface area contributed by atoms with Crippen molar-refractivity contribution in [2.75, 3.05) is 0 Å². The van der Waals surface area contributed by atoms with Crippen LogP contribution in [0.4, 0.5) is 0 Å². The fourth-order valence-electron chi connectivity index (χ4n) is 1.31. The summed E-state index contributed by atoms with van der Waals surface area (Å²) < 4.78 is 0. The van der Waals surface area contributed by atoms with E-state index in [9.17, 15) is 9.90 Å². The number of aliphatic hydroxyl groups excluding tert-OH is 1. The van der Waals surface area contributed by atoms with Gasteiger partial charge in [0.05, 0.1) is 6.10 Å². The van der Waals surface area contributed by atoms with Gasteiger partial charge in [-0.15, -0.1) is 0 Å². The van der Waals surface area contributed by atoms with Crippen LogP contribution in [-0.4, -0.2) is 17.2 Å². The van der Waals surface area contributed by atoms with E-state index in [0.717, 1.165) is 0 Å². The smallest absolute Gasteiger partial charge is 0.550 e. The monoisotopic (exact) mass is 166 g/mol. The molecule has 0 unspecified atom stereocenters. The third kappa shape index (κ3) is 3.56. The Balaban J connectivity index is 0.000001000. The van der Waals surface area contributed by atoms with Crippen LogP contribution in [0.25, 0.3) is 0 Å². The maximum absolute atomic E-state index is 10.3. The molecule has 1 N–H and O–H groups in total. The Labute approximate surface area is 88.1 Å². The molecule has 1 fully saturated rings. The third-order valence-corrected chi connectivity index (χ3v) is 2.03. The van der Waals surface area contributed by atoms with E-state index in [-0.39, 0.29) is 41.6 Å². The molecular formula is C7H11NaO3. The zero-order valence-electron chi connectivity index (χ0n) is 6.75. The first-order valence-electron chi connectivity index (χ1n) is 3.59. The largest absolute Gasteiger partial charge is 1.00 e. The van der Waals surface area contributed by atoms with Gasteiger partial charge in [0.25, 0.3) is 0 Å². The van der Waals surface area contributed by atoms with Crippen LogP contribution in [0.3, 0.4) is 0 Å². The van der Waals surface area contributed by atoms with Gasteiger partial charge >= 0.3 is 29.6 Å². The first-order valence-corrected chi connectivity index (χ1v) is 3.59. The van der Waals surface area contributed by atoms with Gasteiger partial charge in [0.1, 0.15) is 0 Å². The molecular weight excluding hydrogens is 155 g/mol. The van der Waals surface area contributed by atoms with Crippen LogP contribution in [0.1, 0.15) is 25.7 Å². The van der Waals surface area contributed by atoms with Crippen LogP contribution in [0, 0.1) is 5.92 Å². The summed E-state index contributed by atoms with van der Waals surface area (Å²) in [6.07, 6.45) is 2.08. The third-order valence-electron chi connectivity index (χ3n) is 2.03. The van der Waals surface area contributed by atoms with Gasteiger partial charge in [-0.2, -0.15) is 0 Å². The van der Waals surface area contributed by atoms with Crippen LogP contribution < -0.4 is 34.7 Å². The molecule has 1 rings (SSSR count). The van der Waals surface area contributed by atoms with E-state index in [1.54, 1.807) is 0 Å². The molecule has 0 saturated heterocycles. The maximum atomic E-state index is 10.3. The van der Waals surface area contributed by atoms with Crippen molar-refractivity contribution in [1.29, 1.82) is 0 Å². The molecule has 0 heterocycles. The second-order valence-electron chi connectivity index (χ2n) is 2.82. The van der Waals surface area contributed by atoms with E-state index in [1.165, 1.54) is 0 Å². The van der Waals surface area contributed by atoms with E-state index in [0.29, 0.717) is 25.7 Å². The van der Waals surface area contributed by atoms with Gasteiger partial charge in [0, 0.05) is 5.97 Å². The second kappa shape index (κ2) is 5.14. The summed E-state index contributed by atoms with van der Waals surface area (Å²) >= 11 is 0. The zero-order chi connectivity index (χ0) is 7.56. The first-order chi connectivity index (χ1) is 4.70. The molecule has 3 nitrogen and oxygen atoms in total. The molecule has 0 bridgehead atoms. The summed E-state index contributed by atoms with van der Waals surface area (Å²) in [7, 11) is 0. The van der Waals surface area contributed by atoms with E-state index >= 15 is 0 Å². The van der Waals surface area contributed by atoms with Crippen molar-refractivity contribution in [3.05, 3.63) is 0 Å². The SMILES string of the molecule is O=C([O-])C1CCC(O)CC1.[Na+]. The molecule has 0 amide bonds. The number of aliphatic carboxylic acids is 1. The topological polar surface area (TPSA) is 60.4 Å². The number of rotatable bonds is 1. The molecule has 1 aliphatic carbocycles. The molecule has 0 aromatic heterocycles. The van der Waals surface area contributed by atoms with Crippen LogP contribution in [0.2, 0.25) is 0 Å². The van der Waals surface area contributed by atoms with Crippen molar-refractivity contribution < 1.29 is 44.6 Å². The Kier molecular flexibility index (Phi) is 5.34. The number of aliphatic hydroxyl groups is 1. The molecule has 4 heteroatoms. The fourth-order valence-corrected chi connectivity index (χ4v) is 1.31. The number of carboxylic acids is 1. The molecule has 1 saturated carbocycles. The van der Waals surface area contributed by atoms with Gasteiger partial charge in [-0.05, 0) is 31.6 Å². The van der Waals surface area contributed by atoms with Crippen LogP contribution in [-0.2, 0) is 4.79 Å². The molecule has 11 heavy (non-hydrogen) atoms. The van der Waals surface area contributed by atoms with Crippen molar-refractivity contribution >= 4 is 5.97 Å². The van der Waals surface area contributed by atoms with Crippen LogP contribution in [0.5, 0.6) is 0 Å². The van der Waals surface area contributed by atoms with E-state index in [2.05, 4.69) is 0 Å². The maximum Gasteiger partial charge on any atom is 1.00 e. The van der Waals surface area contributed by atoms with Gasteiger partial charge in [0.15, 0.2) is 0 Å². The minimum atomic E-state index is -0.966. The molecule has 0 aromatic rings. The number of carbonyl (C=O) groups excluding carboxylic acids is 1. The quantitative estimate of drug-likeness (QED) is 0.408. The van der Waals surface area contributed by atoms with E-state index < -0.39 is 5.97 Å². The zero-order valence-corrected chi connectivity index (χ0v) is 8.75. The average molecular weight is 166 g/mol. The summed E-state index contributed by atoms with van der Waals surface area (Å²) in [5, 5.41) is 19.3. The van der Waals surface area contributed by atoms with Gasteiger partial charge in [-0.1, -0.05) is 0 Å². The predicted molar refractivity (Wildman–Crippen MR) is 33.0 cm³/mol. The van der Waals surface area contributed by atoms with Crippen molar-refractivity contribution in [1.82, 2.24) is 0 Å². The molecule has 0 atom stereocenters. The van der Waals surface area contributed by atoms with E-state index in [1.807, 2.05) is 0 Å². The molecule has 0 aliphatic heterocycles. The minimum Gasteiger partial charge on any atom is -0.550 e. The molecule has 1 aliphatic rings.